The molecule has 9 aromatic carbocycles. The highest BCUT2D eigenvalue weighted by Crippen LogP contribution is 2.37. The van der Waals surface area contributed by atoms with Gasteiger partial charge in [-0.05, 0) is 89.0 Å². The van der Waals surface area contributed by atoms with E-state index in [1.54, 1.807) is 0 Å². The van der Waals surface area contributed by atoms with Gasteiger partial charge < -0.3 is 13.7 Å². The van der Waals surface area contributed by atoms with E-state index in [1.807, 2.05) is 0 Å². The standard InChI is InChI=1S/C56H37N3/c1-7-19-51-45(13-1)46-14-2-8-20-52(46)57(51)42-33-31-41(32-34-42)40-29-27-38(28-30-40)25-26-39-35-43(58-53-21-9-3-15-47(53)48-16-4-10-22-54(48)58)37-44(36-39)59-55-23-11-5-17-49(55)50-18-6-12-24-56(50)59/h1-37H. The molecule has 0 N–H and O–H groups in total. The van der Waals surface area contributed by atoms with E-state index in [2.05, 4.69) is 238 Å². The summed E-state index contributed by atoms with van der Waals surface area (Å²) in [7, 11) is 0. The van der Waals surface area contributed by atoms with Crippen molar-refractivity contribution >= 4 is 77.6 Å². The summed E-state index contributed by atoms with van der Waals surface area (Å²) in [5.41, 5.74) is 15.3. The maximum atomic E-state index is 2.42. The summed E-state index contributed by atoms with van der Waals surface area (Å²) in [6.07, 6.45) is 4.49. The van der Waals surface area contributed by atoms with Crippen LogP contribution in [-0.4, -0.2) is 13.7 Å². The highest BCUT2D eigenvalue weighted by molar-refractivity contribution is 6.11. The largest absolute Gasteiger partial charge is 0.309 e. The summed E-state index contributed by atoms with van der Waals surface area (Å²) >= 11 is 0. The molecule has 3 nitrogen and oxygen atoms in total. The summed E-state index contributed by atoms with van der Waals surface area (Å²) < 4.78 is 7.20. The Bertz CT molecular complexity index is 3300. The lowest BCUT2D eigenvalue weighted by atomic mass is 10.0. The van der Waals surface area contributed by atoms with Crippen LogP contribution in [0.5, 0.6) is 0 Å². The maximum absolute atomic E-state index is 2.42. The Morgan fingerprint density at radius 1 is 0.237 bits per heavy atom. The van der Waals surface area contributed by atoms with Gasteiger partial charge in [0, 0.05) is 49.4 Å². The average molecular weight is 752 g/mol. The molecule has 12 rings (SSSR count). The van der Waals surface area contributed by atoms with E-state index in [0.29, 0.717) is 0 Å². The van der Waals surface area contributed by atoms with Gasteiger partial charge in [0.15, 0.2) is 0 Å². The summed E-state index contributed by atoms with van der Waals surface area (Å²) in [5, 5.41) is 7.56. The Balaban J connectivity index is 0.934. The van der Waals surface area contributed by atoms with Crippen LogP contribution < -0.4 is 0 Å². The molecule has 0 saturated heterocycles. The molecule has 0 radical (unpaired) electrons. The summed E-state index contributed by atoms with van der Waals surface area (Å²) in [5.74, 6) is 0. The highest BCUT2D eigenvalue weighted by Gasteiger charge is 2.17. The third kappa shape index (κ3) is 5.36. The van der Waals surface area contributed by atoms with Crippen LogP contribution in [0.2, 0.25) is 0 Å². The van der Waals surface area contributed by atoms with Crippen molar-refractivity contribution in [1.82, 2.24) is 13.7 Å². The van der Waals surface area contributed by atoms with Crippen molar-refractivity contribution in [3.05, 3.63) is 223 Å². The Kier molecular flexibility index (Phi) is 7.54. The van der Waals surface area contributed by atoms with Crippen LogP contribution in [0.4, 0.5) is 0 Å². The molecule has 59 heavy (non-hydrogen) atoms. The monoisotopic (exact) mass is 751 g/mol. The van der Waals surface area contributed by atoms with Gasteiger partial charge in [-0.3, -0.25) is 0 Å². The lowest BCUT2D eigenvalue weighted by Gasteiger charge is -2.14. The minimum Gasteiger partial charge on any atom is -0.309 e. The fourth-order valence-corrected chi connectivity index (χ4v) is 9.36. The van der Waals surface area contributed by atoms with E-state index >= 15 is 0 Å². The lowest BCUT2D eigenvalue weighted by Crippen LogP contribution is -2.00. The van der Waals surface area contributed by atoms with Gasteiger partial charge >= 0.3 is 0 Å². The Morgan fingerprint density at radius 2 is 0.525 bits per heavy atom. The predicted octanol–water partition coefficient (Wildman–Crippen LogP) is 14.8. The van der Waals surface area contributed by atoms with Crippen LogP contribution >= 0.6 is 0 Å². The van der Waals surface area contributed by atoms with Crippen LogP contribution in [0.3, 0.4) is 0 Å². The number of hydrogen-bond acceptors (Lipinski definition) is 0. The molecule has 0 saturated carbocycles. The van der Waals surface area contributed by atoms with E-state index < -0.39 is 0 Å². The molecule has 0 aliphatic carbocycles. The molecule has 0 atom stereocenters. The van der Waals surface area contributed by atoms with E-state index in [0.717, 1.165) is 28.2 Å². The van der Waals surface area contributed by atoms with Crippen molar-refractivity contribution in [2.75, 3.05) is 0 Å². The fourth-order valence-electron chi connectivity index (χ4n) is 9.36. The van der Waals surface area contributed by atoms with Crippen molar-refractivity contribution in [3.8, 4) is 28.2 Å². The zero-order valence-corrected chi connectivity index (χ0v) is 32.2. The molecule has 12 aromatic rings. The second kappa shape index (κ2) is 13.4. The van der Waals surface area contributed by atoms with Crippen molar-refractivity contribution in [2.45, 2.75) is 0 Å². The normalized spacial score (nSPS) is 12.0. The van der Waals surface area contributed by atoms with Crippen LogP contribution in [0, 0.1) is 0 Å². The van der Waals surface area contributed by atoms with Gasteiger partial charge in [-0.25, -0.2) is 0 Å². The van der Waals surface area contributed by atoms with E-state index in [4.69, 9.17) is 0 Å². The van der Waals surface area contributed by atoms with Crippen LogP contribution in [-0.2, 0) is 0 Å². The fraction of sp³-hybridized carbons (Fsp3) is 0. The summed E-state index contributed by atoms with van der Waals surface area (Å²) in [6, 6.07) is 77.1. The molecular weight excluding hydrogens is 715 g/mol. The summed E-state index contributed by atoms with van der Waals surface area (Å²) in [6.45, 7) is 0. The first kappa shape index (κ1) is 33.3. The molecule has 0 aliphatic rings. The smallest absolute Gasteiger partial charge is 0.0541 e. The number of fused-ring (bicyclic) bond motifs is 9. The van der Waals surface area contributed by atoms with Crippen LogP contribution in [0.1, 0.15) is 11.1 Å². The molecule has 0 unspecified atom stereocenters. The molecule has 0 amide bonds. The first-order valence-electron chi connectivity index (χ1n) is 20.3. The van der Waals surface area contributed by atoms with Gasteiger partial charge in [-0.15, -0.1) is 0 Å². The van der Waals surface area contributed by atoms with Crippen molar-refractivity contribution < 1.29 is 0 Å². The zero-order valence-electron chi connectivity index (χ0n) is 32.2. The third-order valence-corrected chi connectivity index (χ3v) is 12.0. The van der Waals surface area contributed by atoms with Crippen LogP contribution in [0.25, 0.3) is 106 Å². The predicted molar refractivity (Wildman–Crippen MR) is 250 cm³/mol. The maximum Gasteiger partial charge on any atom is 0.0541 e. The quantitative estimate of drug-likeness (QED) is 0.150. The van der Waals surface area contributed by atoms with Gasteiger partial charge in [-0.1, -0.05) is 158 Å². The number of benzene rings is 9. The van der Waals surface area contributed by atoms with Crippen molar-refractivity contribution in [2.24, 2.45) is 0 Å². The van der Waals surface area contributed by atoms with E-state index in [-0.39, 0.29) is 0 Å². The number of aromatic nitrogens is 3. The number of para-hydroxylation sites is 6. The van der Waals surface area contributed by atoms with E-state index in [1.165, 1.54) is 76.5 Å². The molecular formula is C56H37N3. The molecule has 0 aliphatic heterocycles. The first-order chi connectivity index (χ1) is 29.3. The molecule has 0 fully saturated rings. The number of nitrogens with zero attached hydrogens (tertiary/aromatic N) is 3. The topological polar surface area (TPSA) is 14.8 Å². The second-order valence-electron chi connectivity index (χ2n) is 15.4. The molecule has 276 valence electrons. The van der Waals surface area contributed by atoms with Gasteiger partial charge in [0.1, 0.15) is 0 Å². The third-order valence-electron chi connectivity index (χ3n) is 12.0. The Morgan fingerprint density at radius 3 is 0.881 bits per heavy atom. The lowest BCUT2D eigenvalue weighted by molar-refractivity contribution is 1.13. The molecule has 3 heterocycles. The summed E-state index contributed by atoms with van der Waals surface area (Å²) in [4.78, 5) is 0. The van der Waals surface area contributed by atoms with E-state index in [9.17, 15) is 0 Å². The van der Waals surface area contributed by atoms with Gasteiger partial charge in [0.25, 0.3) is 0 Å². The number of rotatable bonds is 6. The molecule has 0 spiro atoms. The molecule has 3 heteroatoms. The Hall–Kier alpha value is -7.88. The molecule has 3 aromatic heterocycles. The first-order valence-corrected chi connectivity index (χ1v) is 20.3. The Labute approximate surface area is 341 Å². The zero-order chi connectivity index (χ0) is 38.9. The minimum atomic E-state index is 1.13. The molecule has 0 bridgehead atoms. The highest BCUT2D eigenvalue weighted by atomic mass is 15.0. The van der Waals surface area contributed by atoms with Crippen molar-refractivity contribution in [3.63, 3.8) is 0 Å². The average Bonchev–Trinajstić information content (AvgIpc) is 3.95. The van der Waals surface area contributed by atoms with Gasteiger partial charge in [0.05, 0.1) is 33.1 Å². The number of hydrogen-bond donors (Lipinski definition) is 0. The minimum absolute atomic E-state index is 1.13. The van der Waals surface area contributed by atoms with Crippen LogP contribution in [0.15, 0.2) is 212 Å². The van der Waals surface area contributed by atoms with Gasteiger partial charge in [-0.2, -0.15) is 0 Å². The van der Waals surface area contributed by atoms with Crippen molar-refractivity contribution in [1.29, 1.82) is 0 Å². The SMILES string of the molecule is C(=Cc1cc(-n2c3ccccc3c3ccccc32)cc(-n2c3ccccc3c3ccccc32)c1)c1ccc(-c2ccc(-n3c4ccccc4c4ccccc43)cc2)cc1. The second-order valence-corrected chi connectivity index (χ2v) is 15.4. The van der Waals surface area contributed by atoms with Gasteiger partial charge in [0.2, 0.25) is 0 Å².